The van der Waals surface area contributed by atoms with Crippen LogP contribution in [0.25, 0.3) is 0 Å². The van der Waals surface area contributed by atoms with E-state index < -0.39 is 11.5 Å². The Bertz CT molecular complexity index is 640. The Morgan fingerprint density at radius 2 is 1.94 bits per heavy atom. The van der Waals surface area contributed by atoms with Crippen LogP contribution in [0.2, 0.25) is 0 Å². The molecule has 0 saturated carbocycles. The molecule has 0 fully saturated rings. The molecule has 0 aliphatic heterocycles. The molecule has 2 aromatic rings. The van der Waals surface area contributed by atoms with Gasteiger partial charge in [0.2, 0.25) is 0 Å². The molecule has 1 aromatic heterocycles. The van der Waals surface area contributed by atoms with Gasteiger partial charge in [0.05, 0.1) is 5.69 Å². The first-order valence-electron chi connectivity index (χ1n) is 5.23. The van der Waals surface area contributed by atoms with Crippen molar-refractivity contribution in [3.63, 3.8) is 0 Å². The summed E-state index contributed by atoms with van der Waals surface area (Å²) in [5, 5.41) is 2.65. The van der Waals surface area contributed by atoms with E-state index in [9.17, 15) is 9.59 Å². The van der Waals surface area contributed by atoms with Crippen LogP contribution >= 0.6 is 15.9 Å². The first-order chi connectivity index (χ1) is 8.49. The SMILES string of the molecule is Cc1c(C(=O)Nc2ccc(Br)cc2)c(=O)on1C. The molecule has 94 valence electrons. The Morgan fingerprint density at radius 1 is 1.33 bits per heavy atom. The van der Waals surface area contributed by atoms with Gasteiger partial charge in [-0.2, -0.15) is 0 Å². The monoisotopic (exact) mass is 310 g/mol. The van der Waals surface area contributed by atoms with E-state index in [-0.39, 0.29) is 5.56 Å². The quantitative estimate of drug-likeness (QED) is 0.925. The van der Waals surface area contributed by atoms with E-state index in [1.54, 1.807) is 38.2 Å². The molecular weight excluding hydrogens is 300 g/mol. The summed E-state index contributed by atoms with van der Waals surface area (Å²) in [7, 11) is 1.58. The molecule has 0 unspecified atom stereocenters. The molecule has 0 saturated heterocycles. The Hall–Kier alpha value is -1.82. The Kier molecular flexibility index (Phi) is 3.38. The van der Waals surface area contributed by atoms with Crippen molar-refractivity contribution in [1.29, 1.82) is 0 Å². The van der Waals surface area contributed by atoms with E-state index in [0.29, 0.717) is 11.4 Å². The van der Waals surface area contributed by atoms with Gasteiger partial charge in [-0.1, -0.05) is 15.9 Å². The van der Waals surface area contributed by atoms with Gasteiger partial charge in [0.25, 0.3) is 5.91 Å². The fourth-order valence-electron chi connectivity index (χ4n) is 1.53. The molecule has 5 nitrogen and oxygen atoms in total. The minimum absolute atomic E-state index is 0.0282. The van der Waals surface area contributed by atoms with E-state index in [4.69, 9.17) is 4.52 Å². The van der Waals surface area contributed by atoms with Crippen molar-refractivity contribution >= 4 is 27.5 Å². The first-order valence-corrected chi connectivity index (χ1v) is 6.02. The van der Waals surface area contributed by atoms with Gasteiger partial charge in [-0.3, -0.25) is 4.79 Å². The molecule has 18 heavy (non-hydrogen) atoms. The van der Waals surface area contributed by atoms with Crippen LogP contribution in [0, 0.1) is 6.92 Å². The summed E-state index contributed by atoms with van der Waals surface area (Å²) in [6, 6.07) is 7.08. The largest absolute Gasteiger partial charge is 0.370 e. The summed E-state index contributed by atoms with van der Waals surface area (Å²) >= 11 is 3.30. The number of amides is 1. The van der Waals surface area contributed by atoms with Crippen LogP contribution in [-0.2, 0) is 7.05 Å². The molecule has 0 bridgehead atoms. The first kappa shape index (κ1) is 12.6. The minimum Gasteiger partial charge on any atom is -0.336 e. The van der Waals surface area contributed by atoms with Crippen molar-refractivity contribution < 1.29 is 9.32 Å². The third-order valence-electron chi connectivity index (χ3n) is 2.59. The number of carbonyl (C=O) groups is 1. The Balaban J connectivity index is 2.27. The Morgan fingerprint density at radius 3 is 2.44 bits per heavy atom. The van der Waals surface area contributed by atoms with Crippen molar-refractivity contribution in [2.45, 2.75) is 6.92 Å². The van der Waals surface area contributed by atoms with E-state index in [1.165, 1.54) is 4.74 Å². The van der Waals surface area contributed by atoms with E-state index in [2.05, 4.69) is 21.2 Å². The highest BCUT2D eigenvalue weighted by Crippen LogP contribution is 2.15. The summed E-state index contributed by atoms with van der Waals surface area (Å²) in [6.07, 6.45) is 0. The predicted molar refractivity (Wildman–Crippen MR) is 70.8 cm³/mol. The number of nitrogens with zero attached hydrogens (tertiary/aromatic N) is 1. The van der Waals surface area contributed by atoms with Gasteiger partial charge in [-0.05, 0) is 31.2 Å². The maximum Gasteiger partial charge on any atom is 0.370 e. The number of halogens is 1. The van der Waals surface area contributed by atoms with Crippen LogP contribution in [0.5, 0.6) is 0 Å². The zero-order valence-corrected chi connectivity index (χ0v) is 11.4. The van der Waals surface area contributed by atoms with Gasteiger partial charge in [0.1, 0.15) is 5.56 Å². The summed E-state index contributed by atoms with van der Waals surface area (Å²) in [5.41, 5.74) is 0.505. The molecule has 0 aliphatic carbocycles. The summed E-state index contributed by atoms with van der Waals surface area (Å²) < 4.78 is 7.01. The summed E-state index contributed by atoms with van der Waals surface area (Å²) in [5.74, 6) is -0.468. The van der Waals surface area contributed by atoms with Crippen LogP contribution in [-0.4, -0.2) is 10.6 Å². The summed E-state index contributed by atoms with van der Waals surface area (Å²) in [4.78, 5) is 23.4. The molecule has 1 amide bonds. The van der Waals surface area contributed by atoms with Gasteiger partial charge in [0, 0.05) is 17.2 Å². The molecule has 0 spiro atoms. The Labute approximate surface area is 111 Å². The third-order valence-corrected chi connectivity index (χ3v) is 3.12. The maximum atomic E-state index is 12.0. The van der Waals surface area contributed by atoms with Gasteiger partial charge in [0.15, 0.2) is 0 Å². The lowest BCUT2D eigenvalue weighted by Gasteiger charge is -2.03. The van der Waals surface area contributed by atoms with Crippen LogP contribution in [0.3, 0.4) is 0 Å². The van der Waals surface area contributed by atoms with Crippen LogP contribution in [0.1, 0.15) is 16.1 Å². The molecule has 1 heterocycles. The van der Waals surface area contributed by atoms with Gasteiger partial charge in [-0.25, -0.2) is 9.53 Å². The maximum absolute atomic E-state index is 12.0. The molecule has 1 aromatic carbocycles. The lowest BCUT2D eigenvalue weighted by atomic mass is 10.2. The second-order valence-electron chi connectivity index (χ2n) is 3.80. The van der Waals surface area contributed by atoms with E-state index >= 15 is 0 Å². The number of benzene rings is 1. The normalized spacial score (nSPS) is 10.4. The van der Waals surface area contributed by atoms with Gasteiger partial charge in [-0.15, -0.1) is 0 Å². The average molecular weight is 311 g/mol. The molecule has 0 atom stereocenters. The number of nitrogens with one attached hydrogen (secondary N) is 1. The van der Waals surface area contributed by atoms with E-state index in [1.807, 2.05) is 0 Å². The van der Waals surface area contributed by atoms with Gasteiger partial charge >= 0.3 is 5.63 Å². The van der Waals surface area contributed by atoms with Crippen molar-refractivity contribution in [2.24, 2.45) is 7.05 Å². The molecule has 2 rings (SSSR count). The standard InChI is InChI=1S/C12H11BrN2O3/c1-7-10(12(17)18-15(7)2)11(16)14-9-5-3-8(13)4-6-9/h3-6H,1-2H3,(H,14,16). The van der Waals surface area contributed by atoms with Crippen molar-refractivity contribution in [3.8, 4) is 0 Å². The fourth-order valence-corrected chi connectivity index (χ4v) is 1.79. The number of hydrogen-bond donors (Lipinski definition) is 1. The minimum atomic E-state index is -0.635. The molecule has 1 N–H and O–H groups in total. The van der Waals surface area contributed by atoms with Crippen molar-refractivity contribution in [3.05, 3.63) is 50.4 Å². The van der Waals surface area contributed by atoms with Crippen molar-refractivity contribution in [1.82, 2.24) is 4.74 Å². The zero-order valence-electron chi connectivity index (χ0n) is 9.86. The average Bonchev–Trinajstić information content (AvgIpc) is 2.56. The summed E-state index contributed by atoms with van der Waals surface area (Å²) in [6.45, 7) is 1.65. The molecule has 0 aliphatic rings. The van der Waals surface area contributed by atoms with E-state index in [0.717, 1.165) is 4.47 Å². The highest BCUT2D eigenvalue weighted by molar-refractivity contribution is 9.10. The molecule has 0 radical (unpaired) electrons. The van der Waals surface area contributed by atoms with Gasteiger partial charge < -0.3 is 9.84 Å². The number of aryl methyl sites for hydroxylation is 1. The molecular formula is C12H11BrN2O3. The second-order valence-corrected chi connectivity index (χ2v) is 4.71. The number of aromatic nitrogens is 1. The van der Waals surface area contributed by atoms with Crippen molar-refractivity contribution in [2.75, 3.05) is 5.32 Å². The highest BCUT2D eigenvalue weighted by atomic mass is 79.9. The number of rotatable bonds is 2. The lowest BCUT2D eigenvalue weighted by molar-refractivity contribution is 0.102. The highest BCUT2D eigenvalue weighted by Gasteiger charge is 2.19. The van der Waals surface area contributed by atoms with Crippen LogP contribution in [0.4, 0.5) is 5.69 Å². The van der Waals surface area contributed by atoms with Crippen LogP contribution < -0.4 is 10.9 Å². The molecule has 6 heteroatoms. The smallest absolute Gasteiger partial charge is 0.336 e. The fraction of sp³-hybridized carbons (Fsp3) is 0.167. The topological polar surface area (TPSA) is 64.2 Å². The number of hydrogen-bond acceptors (Lipinski definition) is 3. The van der Waals surface area contributed by atoms with Crippen LogP contribution in [0.15, 0.2) is 38.1 Å². The number of carbonyl (C=O) groups excluding carboxylic acids is 1. The third kappa shape index (κ3) is 2.38. The number of anilines is 1. The predicted octanol–water partition coefficient (Wildman–Crippen LogP) is 2.30. The second kappa shape index (κ2) is 4.81. The zero-order chi connectivity index (χ0) is 13.3. The lowest BCUT2D eigenvalue weighted by Crippen LogP contribution is -2.19.